The van der Waals surface area contributed by atoms with Gasteiger partial charge in [0, 0.05) is 11.3 Å². The molecule has 2 saturated carbocycles. The van der Waals surface area contributed by atoms with E-state index in [4.69, 9.17) is 9.47 Å². The first-order valence-electron chi connectivity index (χ1n) is 9.77. The summed E-state index contributed by atoms with van der Waals surface area (Å²) in [4.78, 5) is 24.9. The fraction of sp³-hybridized carbons (Fsp3) is 0.800. The number of aliphatic hydroxyl groups is 4. The van der Waals surface area contributed by atoms with Gasteiger partial charge in [0.05, 0.1) is 24.5 Å². The van der Waals surface area contributed by atoms with Gasteiger partial charge in [-0.05, 0) is 32.3 Å². The van der Waals surface area contributed by atoms with Gasteiger partial charge in [0.25, 0.3) is 0 Å². The summed E-state index contributed by atoms with van der Waals surface area (Å²) in [6, 6.07) is 0. The monoisotopic (exact) mass is 394 g/mol. The summed E-state index contributed by atoms with van der Waals surface area (Å²) in [5.41, 5.74) is -4.99. The van der Waals surface area contributed by atoms with Crippen LogP contribution in [0.1, 0.15) is 33.6 Å². The third-order valence-corrected chi connectivity index (χ3v) is 8.88. The second kappa shape index (κ2) is 5.05. The normalized spacial score (nSPS) is 59.9. The number of carbonyl (C=O) groups excluding carboxylic acids is 2. The highest BCUT2D eigenvalue weighted by atomic mass is 16.6. The van der Waals surface area contributed by atoms with Gasteiger partial charge in [-0.15, -0.1) is 0 Å². The van der Waals surface area contributed by atoms with Gasteiger partial charge in [0.1, 0.15) is 29.5 Å². The number of carbonyl (C=O) groups is 2. The summed E-state index contributed by atoms with van der Waals surface area (Å²) in [5.74, 6) is -2.31. The number of aliphatic hydroxyl groups excluding tert-OH is 3. The molecule has 2 heterocycles. The maximum atomic E-state index is 12.5. The van der Waals surface area contributed by atoms with Crippen LogP contribution in [0, 0.1) is 22.7 Å². The molecule has 2 aliphatic heterocycles. The lowest BCUT2D eigenvalue weighted by Crippen LogP contribution is -2.83. The fourth-order valence-electron chi connectivity index (χ4n) is 7.49. The second-order valence-electron chi connectivity index (χ2n) is 9.71. The average molecular weight is 394 g/mol. The Balaban J connectivity index is 1.81. The first-order chi connectivity index (χ1) is 12.9. The van der Waals surface area contributed by atoms with Crippen LogP contribution in [0.25, 0.3) is 0 Å². The Kier molecular flexibility index (Phi) is 3.37. The van der Waals surface area contributed by atoms with E-state index in [1.807, 2.05) is 0 Å². The van der Waals surface area contributed by atoms with Crippen LogP contribution in [0.2, 0.25) is 0 Å². The highest BCUT2D eigenvalue weighted by molar-refractivity contribution is 5.96. The van der Waals surface area contributed by atoms with Crippen molar-refractivity contribution in [3.05, 3.63) is 11.6 Å². The molecule has 3 aliphatic carbocycles. The van der Waals surface area contributed by atoms with Gasteiger partial charge >= 0.3 is 5.97 Å². The van der Waals surface area contributed by atoms with E-state index in [2.05, 4.69) is 0 Å². The van der Waals surface area contributed by atoms with Crippen LogP contribution in [0.15, 0.2) is 11.6 Å². The molecule has 0 aromatic carbocycles. The van der Waals surface area contributed by atoms with E-state index < -0.39 is 64.1 Å². The number of ketones is 1. The molecule has 0 radical (unpaired) electrons. The van der Waals surface area contributed by atoms with Crippen molar-refractivity contribution in [2.75, 3.05) is 6.61 Å². The van der Waals surface area contributed by atoms with Crippen LogP contribution in [0.4, 0.5) is 0 Å². The van der Waals surface area contributed by atoms with Crippen molar-refractivity contribution in [1.29, 1.82) is 0 Å². The standard InChI is InChI=1S/C20H26O8/c1-8-4-10(21)15(24)17(2)9(8)5-11-19-7-27-18(3,16(25)13(23)14(17)19)20(19,26)6-12(22)28-11/h4,9,11,13-16,23-26H,5-7H2,1-3H3/t9-,11+,13+,14+,15+,16+,17-,18+,19+,20+/m0/s1. The fourth-order valence-corrected chi connectivity index (χ4v) is 7.49. The SMILES string of the molecule is CC1=CC(=O)[C@@H](O)[C@]2(C)[C@H]3[C@@H](O)[C@@H](O)[C@@]4(C)OC[C@@]35[C@@H](C[C@@H]12)OC(=O)C[C@]54O. The van der Waals surface area contributed by atoms with Gasteiger partial charge in [-0.2, -0.15) is 0 Å². The zero-order valence-corrected chi connectivity index (χ0v) is 16.1. The minimum Gasteiger partial charge on any atom is -0.461 e. The lowest BCUT2D eigenvalue weighted by Gasteiger charge is -2.69. The molecule has 5 aliphatic rings. The smallest absolute Gasteiger partial charge is 0.309 e. The quantitative estimate of drug-likeness (QED) is 0.388. The maximum absolute atomic E-state index is 12.5. The highest BCUT2D eigenvalue weighted by Gasteiger charge is 2.86. The Morgan fingerprint density at radius 2 is 1.86 bits per heavy atom. The van der Waals surface area contributed by atoms with E-state index in [9.17, 15) is 30.0 Å². The van der Waals surface area contributed by atoms with Gasteiger partial charge in [-0.1, -0.05) is 12.5 Å². The molecule has 4 N–H and O–H groups in total. The number of hydrogen-bond donors (Lipinski definition) is 4. The topological polar surface area (TPSA) is 134 Å². The molecular formula is C20H26O8. The van der Waals surface area contributed by atoms with Crippen molar-refractivity contribution in [1.82, 2.24) is 0 Å². The lowest BCUT2D eigenvalue weighted by atomic mass is 9.37. The molecule has 1 spiro atoms. The Labute approximate surface area is 162 Å². The van der Waals surface area contributed by atoms with Crippen LogP contribution in [-0.4, -0.2) is 74.4 Å². The minimum absolute atomic E-state index is 0.0390. The van der Waals surface area contributed by atoms with Crippen molar-refractivity contribution >= 4 is 11.8 Å². The molecule has 10 atom stereocenters. The molecule has 0 aromatic heterocycles. The maximum Gasteiger partial charge on any atom is 0.309 e. The third-order valence-electron chi connectivity index (χ3n) is 8.88. The predicted molar refractivity (Wildman–Crippen MR) is 92.7 cm³/mol. The molecule has 8 nitrogen and oxygen atoms in total. The molecule has 0 amide bonds. The summed E-state index contributed by atoms with van der Waals surface area (Å²) < 4.78 is 11.6. The summed E-state index contributed by atoms with van der Waals surface area (Å²) in [6.07, 6.45) is -3.70. The van der Waals surface area contributed by atoms with E-state index in [1.54, 1.807) is 13.8 Å². The van der Waals surface area contributed by atoms with E-state index in [0.29, 0.717) is 6.42 Å². The lowest BCUT2D eigenvalue weighted by molar-refractivity contribution is -0.330. The number of rotatable bonds is 0. The molecule has 8 heteroatoms. The van der Waals surface area contributed by atoms with Crippen molar-refractivity contribution in [3.8, 4) is 0 Å². The second-order valence-corrected chi connectivity index (χ2v) is 9.71. The molecule has 2 bridgehead atoms. The van der Waals surface area contributed by atoms with E-state index >= 15 is 0 Å². The third kappa shape index (κ3) is 1.61. The van der Waals surface area contributed by atoms with Crippen molar-refractivity contribution < 1.29 is 39.5 Å². The summed E-state index contributed by atoms with van der Waals surface area (Å²) in [7, 11) is 0. The van der Waals surface area contributed by atoms with Crippen LogP contribution < -0.4 is 0 Å². The molecule has 154 valence electrons. The zero-order chi connectivity index (χ0) is 20.4. The van der Waals surface area contributed by atoms with E-state index in [0.717, 1.165) is 5.57 Å². The number of fused-ring (bicyclic) bond motifs is 2. The van der Waals surface area contributed by atoms with Crippen LogP contribution in [-0.2, 0) is 19.1 Å². The largest absolute Gasteiger partial charge is 0.461 e. The Bertz CT molecular complexity index is 823. The van der Waals surface area contributed by atoms with Crippen molar-refractivity contribution in [2.45, 2.75) is 69.2 Å². The van der Waals surface area contributed by atoms with Gasteiger partial charge in [0.2, 0.25) is 0 Å². The first kappa shape index (κ1) is 18.7. The highest BCUT2D eigenvalue weighted by Crippen LogP contribution is 2.73. The first-order valence-corrected chi connectivity index (χ1v) is 9.77. The number of allylic oxidation sites excluding steroid dienone is 1. The Morgan fingerprint density at radius 1 is 1.18 bits per heavy atom. The van der Waals surface area contributed by atoms with E-state index in [1.165, 1.54) is 13.0 Å². The van der Waals surface area contributed by atoms with Crippen LogP contribution in [0.5, 0.6) is 0 Å². The number of ether oxygens (including phenoxy) is 2. The molecule has 28 heavy (non-hydrogen) atoms. The molecule has 2 saturated heterocycles. The Hall–Kier alpha value is -1.32. The van der Waals surface area contributed by atoms with Crippen LogP contribution >= 0.6 is 0 Å². The molecular weight excluding hydrogens is 368 g/mol. The summed E-state index contributed by atoms with van der Waals surface area (Å²) >= 11 is 0. The van der Waals surface area contributed by atoms with Gasteiger partial charge in [-0.3, -0.25) is 9.59 Å². The van der Waals surface area contributed by atoms with Gasteiger partial charge < -0.3 is 29.9 Å². The summed E-state index contributed by atoms with van der Waals surface area (Å²) in [6.45, 7) is 4.97. The summed E-state index contributed by atoms with van der Waals surface area (Å²) in [5, 5.41) is 45.0. The van der Waals surface area contributed by atoms with Crippen molar-refractivity contribution in [3.63, 3.8) is 0 Å². The van der Waals surface area contributed by atoms with E-state index in [-0.39, 0.29) is 18.9 Å². The predicted octanol–water partition coefficient (Wildman–Crippen LogP) is -0.924. The molecule has 4 fully saturated rings. The average Bonchev–Trinajstić information content (AvgIpc) is 2.79. The van der Waals surface area contributed by atoms with Crippen LogP contribution in [0.3, 0.4) is 0 Å². The molecule has 0 aromatic rings. The van der Waals surface area contributed by atoms with Crippen molar-refractivity contribution in [2.24, 2.45) is 22.7 Å². The van der Waals surface area contributed by atoms with Gasteiger partial charge in [-0.25, -0.2) is 0 Å². The molecule has 0 unspecified atom stereocenters. The number of hydrogen-bond acceptors (Lipinski definition) is 8. The molecule has 5 rings (SSSR count). The minimum atomic E-state index is -1.78. The van der Waals surface area contributed by atoms with Gasteiger partial charge in [0.15, 0.2) is 5.78 Å². The number of esters is 1. The zero-order valence-electron chi connectivity index (χ0n) is 16.1. The Morgan fingerprint density at radius 3 is 2.54 bits per heavy atom.